The molecule has 1 aromatic rings. The molecule has 0 aromatic heterocycles. The van der Waals surface area contributed by atoms with Crippen molar-refractivity contribution in [2.24, 2.45) is 0 Å². The topological polar surface area (TPSA) is 0 Å². The molecule has 0 bridgehead atoms. The SMILES string of the molecule is [CH2+]c1cccc(C)c1C. The van der Waals surface area contributed by atoms with E-state index in [9.17, 15) is 0 Å². The quantitative estimate of drug-likeness (QED) is 0.460. The maximum atomic E-state index is 3.88. The first kappa shape index (κ1) is 6.21. The molecule has 0 spiro atoms. The third-order valence-corrected chi connectivity index (χ3v) is 1.72. The number of aryl methyl sites for hydroxylation is 1. The highest BCUT2D eigenvalue weighted by Gasteiger charge is 2.01. The Hall–Kier alpha value is -0.910. The van der Waals surface area contributed by atoms with Gasteiger partial charge in [-0.05, 0) is 19.1 Å². The summed E-state index contributed by atoms with van der Waals surface area (Å²) < 4.78 is 0. The molecule has 0 heteroatoms. The van der Waals surface area contributed by atoms with Crippen molar-refractivity contribution >= 4 is 0 Å². The minimum absolute atomic E-state index is 1.13. The predicted octanol–water partition coefficient (Wildman–Crippen LogP) is 2.49. The molecule has 0 nitrogen and oxygen atoms in total. The second kappa shape index (κ2) is 2.14. The fourth-order valence-electron chi connectivity index (χ4n) is 0.812. The van der Waals surface area contributed by atoms with Crippen LogP contribution in [0.15, 0.2) is 18.2 Å². The van der Waals surface area contributed by atoms with Gasteiger partial charge in [0.1, 0.15) is 5.56 Å². The van der Waals surface area contributed by atoms with Crippen molar-refractivity contribution in [3.8, 4) is 0 Å². The fraction of sp³-hybridized carbons (Fsp3) is 0.222. The largest absolute Gasteiger partial charge is 0.129 e. The van der Waals surface area contributed by atoms with Gasteiger partial charge in [-0.25, -0.2) is 0 Å². The van der Waals surface area contributed by atoms with Crippen molar-refractivity contribution < 1.29 is 0 Å². The Kier molecular flexibility index (Phi) is 1.48. The zero-order chi connectivity index (χ0) is 6.85. The summed E-state index contributed by atoms with van der Waals surface area (Å²) in [6, 6.07) is 6.16. The smallest absolute Gasteiger partial charge is 0.0324 e. The lowest BCUT2D eigenvalue weighted by Crippen LogP contribution is -1.82. The lowest BCUT2D eigenvalue weighted by Gasteiger charge is -1.92. The summed E-state index contributed by atoms with van der Waals surface area (Å²) in [5, 5.41) is 0. The van der Waals surface area contributed by atoms with E-state index in [0.717, 1.165) is 5.56 Å². The van der Waals surface area contributed by atoms with Crippen molar-refractivity contribution in [2.75, 3.05) is 0 Å². The molecule has 46 valence electrons. The molecule has 0 aliphatic heterocycles. The maximum absolute atomic E-state index is 3.88. The summed E-state index contributed by atoms with van der Waals surface area (Å²) in [4.78, 5) is 0. The van der Waals surface area contributed by atoms with E-state index in [1.165, 1.54) is 11.1 Å². The molecule has 0 saturated heterocycles. The minimum atomic E-state index is 1.13. The molecule has 0 N–H and O–H groups in total. The third kappa shape index (κ3) is 1.07. The minimum Gasteiger partial charge on any atom is -0.0324 e. The Morgan fingerprint density at radius 3 is 2.33 bits per heavy atom. The second-order valence-corrected chi connectivity index (χ2v) is 2.36. The third-order valence-electron chi connectivity index (χ3n) is 1.72. The van der Waals surface area contributed by atoms with Gasteiger partial charge in [0.05, 0.1) is 5.56 Å². The van der Waals surface area contributed by atoms with E-state index in [4.69, 9.17) is 0 Å². The van der Waals surface area contributed by atoms with Crippen molar-refractivity contribution in [2.45, 2.75) is 13.8 Å². The lowest BCUT2D eigenvalue weighted by molar-refractivity contribution is 1.31. The standard InChI is InChI=1S/C9H11/c1-7-5-4-6-8(2)9(7)3/h4-6H,1H2,2-3H3/q+1. The lowest BCUT2D eigenvalue weighted by atomic mass is 10.1. The monoisotopic (exact) mass is 119 g/mol. The van der Waals surface area contributed by atoms with Gasteiger partial charge in [-0.15, -0.1) is 0 Å². The van der Waals surface area contributed by atoms with E-state index >= 15 is 0 Å². The highest BCUT2D eigenvalue weighted by Crippen LogP contribution is 2.09. The first-order chi connectivity index (χ1) is 4.22. The Bertz CT molecular complexity index is 191. The van der Waals surface area contributed by atoms with Gasteiger partial charge in [-0.2, -0.15) is 0 Å². The number of hydrogen-bond acceptors (Lipinski definition) is 0. The molecule has 0 radical (unpaired) electrons. The van der Waals surface area contributed by atoms with Gasteiger partial charge in [0.2, 0.25) is 0 Å². The Labute approximate surface area is 56.5 Å². The number of benzene rings is 1. The van der Waals surface area contributed by atoms with E-state index < -0.39 is 0 Å². The molecule has 0 aliphatic rings. The Morgan fingerprint density at radius 2 is 1.89 bits per heavy atom. The normalized spacial score (nSPS) is 9.56. The van der Waals surface area contributed by atoms with Crippen molar-refractivity contribution in [3.05, 3.63) is 41.8 Å². The average Bonchev–Trinajstić information content (AvgIpc) is 1.83. The summed E-state index contributed by atoms with van der Waals surface area (Å²) in [6.45, 7) is 8.08. The van der Waals surface area contributed by atoms with Crippen LogP contribution in [0, 0.1) is 20.8 Å². The summed E-state index contributed by atoms with van der Waals surface area (Å²) >= 11 is 0. The van der Waals surface area contributed by atoms with Crippen molar-refractivity contribution in [1.82, 2.24) is 0 Å². The van der Waals surface area contributed by atoms with E-state index in [1.807, 2.05) is 12.1 Å². The van der Waals surface area contributed by atoms with Crippen molar-refractivity contribution in [1.29, 1.82) is 0 Å². The molecule has 0 fully saturated rings. The van der Waals surface area contributed by atoms with Crippen LogP contribution in [-0.2, 0) is 0 Å². The highest BCUT2D eigenvalue weighted by atomic mass is 14.0. The van der Waals surface area contributed by atoms with Gasteiger partial charge < -0.3 is 0 Å². The molecule has 0 aliphatic carbocycles. The molecular formula is C9H11+. The van der Waals surface area contributed by atoms with Gasteiger partial charge in [0, 0.05) is 25.5 Å². The van der Waals surface area contributed by atoms with Gasteiger partial charge >= 0.3 is 0 Å². The molecule has 9 heavy (non-hydrogen) atoms. The highest BCUT2D eigenvalue weighted by molar-refractivity contribution is 5.34. The maximum Gasteiger partial charge on any atom is 0.129 e. The molecule has 0 saturated carbocycles. The zero-order valence-corrected chi connectivity index (χ0v) is 5.94. The Morgan fingerprint density at radius 1 is 1.22 bits per heavy atom. The molecule has 0 amide bonds. The average molecular weight is 119 g/mol. The Balaban J connectivity index is 3.25. The van der Waals surface area contributed by atoms with Crippen molar-refractivity contribution in [3.63, 3.8) is 0 Å². The van der Waals surface area contributed by atoms with Crippen LogP contribution in [0.1, 0.15) is 16.7 Å². The van der Waals surface area contributed by atoms with Crippen LogP contribution in [0.3, 0.4) is 0 Å². The number of hydrogen-bond donors (Lipinski definition) is 0. The summed E-state index contributed by atoms with van der Waals surface area (Å²) in [7, 11) is 0. The molecule has 0 heterocycles. The van der Waals surface area contributed by atoms with Crippen LogP contribution >= 0.6 is 0 Å². The molecule has 0 atom stereocenters. The van der Waals surface area contributed by atoms with E-state index in [-0.39, 0.29) is 0 Å². The van der Waals surface area contributed by atoms with Crippen LogP contribution < -0.4 is 0 Å². The van der Waals surface area contributed by atoms with Gasteiger partial charge in [-0.3, -0.25) is 0 Å². The molecular weight excluding hydrogens is 108 g/mol. The molecule has 0 unspecified atom stereocenters. The predicted molar refractivity (Wildman–Crippen MR) is 40.4 cm³/mol. The van der Waals surface area contributed by atoms with Crippen LogP contribution in [0.25, 0.3) is 0 Å². The fourth-order valence-corrected chi connectivity index (χ4v) is 0.812. The summed E-state index contributed by atoms with van der Waals surface area (Å²) in [6.07, 6.45) is 0. The van der Waals surface area contributed by atoms with Crippen LogP contribution in [0.5, 0.6) is 0 Å². The first-order valence-corrected chi connectivity index (χ1v) is 3.10. The van der Waals surface area contributed by atoms with Crippen LogP contribution in [-0.4, -0.2) is 0 Å². The van der Waals surface area contributed by atoms with E-state index in [2.05, 4.69) is 26.8 Å². The van der Waals surface area contributed by atoms with Crippen LogP contribution in [0.2, 0.25) is 0 Å². The molecule has 1 aromatic carbocycles. The molecule has 1 rings (SSSR count). The zero-order valence-electron chi connectivity index (χ0n) is 5.94. The van der Waals surface area contributed by atoms with Gasteiger partial charge in [-0.1, -0.05) is 0 Å². The first-order valence-electron chi connectivity index (χ1n) is 3.10. The number of rotatable bonds is 0. The van der Waals surface area contributed by atoms with E-state index in [0.29, 0.717) is 0 Å². The van der Waals surface area contributed by atoms with Gasteiger partial charge in [0.15, 0.2) is 0 Å². The van der Waals surface area contributed by atoms with Gasteiger partial charge in [0.25, 0.3) is 0 Å². The summed E-state index contributed by atoms with van der Waals surface area (Å²) in [5.41, 5.74) is 3.76. The van der Waals surface area contributed by atoms with Crippen LogP contribution in [0.4, 0.5) is 0 Å². The van der Waals surface area contributed by atoms with E-state index in [1.54, 1.807) is 0 Å². The second-order valence-electron chi connectivity index (χ2n) is 2.36. The summed E-state index contributed by atoms with van der Waals surface area (Å²) in [5.74, 6) is 0.